The second kappa shape index (κ2) is 7.76. The molecule has 0 aromatic heterocycles. The second-order valence-corrected chi connectivity index (χ2v) is 4.59. The van der Waals surface area contributed by atoms with Crippen LogP contribution in [0.3, 0.4) is 0 Å². The van der Waals surface area contributed by atoms with Gasteiger partial charge in [-0.3, -0.25) is 14.5 Å². The quantitative estimate of drug-likeness (QED) is 0.794. The number of nitrogens with zero attached hydrogens (tertiary/aromatic N) is 1. The maximum atomic E-state index is 11.6. The standard InChI is InChI=1S/C13H17ClN2O3/c1-16(9-13(18)19-2)8-12(17)15-7-10-3-5-11(14)6-4-10/h3-6H,7-9H2,1-2H3,(H,15,17). The van der Waals surface area contributed by atoms with Gasteiger partial charge in [-0.15, -0.1) is 0 Å². The van der Waals surface area contributed by atoms with Crippen molar-refractivity contribution in [2.24, 2.45) is 0 Å². The van der Waals surface area contributed by atoms with Gasteiger partial charge in [0.1, 0.15) is 0 Å². The third kappa shape index (κ3) is 6.22. The van der Waals surface area contributed by atoms with Crippen LogP contribution in [0.5, 0.6) is 0 Å². The van der Waals surface area contributed by atoms with Crippen molar-refractivity contribution < 1.29 is 14.3 Å². The molecule has 0 aliphatic carbocycles. The molecule has 5 nitrogen and oxygen atoms in total. The summed E-state index contributed by atoms with van der Waals surface area (Å²) in [7, 11) is 3.00. The summed E-state index contributed by atoms with van der Waals surface area (Å²) in [5.41, 5.74) is 0.966. The van der Waals surface area contributed by atoms with Crippen LogP contribution in [0.25, 0.3) is 0 Å². The first-order valence-corrected chi connectivity index (χ1v) is 6.15. The molecule has 1 rings (SSSR count). The van der Waals surface area contributed by atoms with Crippen LogP contribution in [-0.2, 0) is 20.9 Å². The first-order chi connectivity index (χ1) is 9.01. The van der Waals surface area contributed by atoms with Crippen molar-refractivity contribution in [1.82, 2.24) is 10.2 Å². The molecule has 0 aliphatic heterocycles. The van der Waals surface area contributed by atoms with E-state index in [1.807, 2.05) is 12.1 Å². The normalized spacial score (nSPS) is 10.3. The highest BCUT2D eigenvalue weighted by molar-refractivity contribution is 6.30. The Hall–Kier alpha value is -1.59. The van der Waals surface area contributed by atoms with Crippen LogP contribution >= 0.6 is 11.6 Å². The number of likely N-dealkylation sites (N-methyl/N-ethyl adjacent to an activating group) is 1. The third-order valence-corrected chi connectivity index (χ3v) is 2.70. The number of carbonyl (C=O) groups excluding carboxylic acids is 2. The number of carbonyl (C=O) groups is 2. The summed E-state index contributed by atoms with van der Waals surface area (Å²) in [4.78, 5) is 24.2. The zero-order valence-corrected chi connectivity index (χ0v) is 11.7. The number of methoxy groups -OCH3 is 1. The van der Waals surface area contributed by atoms with Gasteiger partial charge in [0.15, 0.2) is 0 Å². The molecule has 0 radical (unpaired) electrons. The van der Waals surface area contributed by atoms with Crippen molar-refractivity contribution in [3.05, 3.63) is 34.9 Å². The highest BCUT2D eigenvalue weighted by Gasteiger charge is 2.10. The summed E-state index contributed by atoms with van der Waals surface area (Å²) in [5.74, 6) is -0.519. The van der Waals surface area contributed by atoms with Gasteiger partial charge in [-0.25, -0.2) is 0 Å². The fourth-order valence-corrected chi connectivity index (χ4v) is 1.57. The summed E-state index contributed by atoms with van der Waals surface area (Å²) in [5, 5.41) is 3.42. The predicted molar refractivity (Wildman–Crippen MR) is 72.8 cm³/mol. The number of nitrogens with one attached hydrogen (secondary N) is 1. The summed E-state index contributed by atoms with van der Waals surface area (Å²) in [6.45, 7) is 0.662. The lowest BCUT2D eigenvalue weighted by Crippen LogP contribution is -2.37. The Morgan fingerprint density at radius 1 is 1.26 bits per heavy atom. The van der Waals surface area contributed by atoms with Crippen LogP contribution in [-0.4, -0.2) is 44.0 Å². The maximum Gasteiger partial charge on any atom is 0.319 e. The van der Waals surface area contributed by atoms with Crippen molar-refractivity contribution in [2.75, 3.05) is 27.2 Å². The Balaban J connectivity index is 2.31. The Morgan fingerprint density at radius 3 is 2.47 bits per heavy atom. The minimum atomic E-state index is -0.368. The van der Waals surface area contributed by atoms with E-state index in [9.17, 15) is 9.59 Å². The number of hydrogen-bond acceptors (Lipinski definition) is 4. The van der Waals surface area contributed by atoms with E-state index in [1.54, 1.807) is 24.1 Å². The molecule has 0 atom stereocenters. The van der Waals surface area contributed by atoms with Crippen molar-refractivity contribution >= 4 is 23.5 Å². The molecule has 0 saturated heterocycles. The smallest absolute Gasteiger partial charge is 0.319 e. The van der Waals surface area contributed by atoms with Crippen molar-refractivity contribution in [2.45, 2.75) is 6.54 Å². The molecule has 0 bridgehead atoms. The van der Waals surface area contributed by atoms with Crippen molar-refractivity contribution in [3.63, 3.8) is 0 Å². The van der Waals surface area contributed by atoms with Gasteiger partial charge in [-0.2, -0.15) is 0 Å². The topological polar surface area (TPSA) is 58.6 Å². The van der Waals surface area contributed by atoms with Crippen LogP contribution < -0.4 is 5.32 Å². The van der Waals surface area contributed by atoms with Crippen LogP contribution in [0.4, 0.5) is 0 Å². The zero-order chi connectivity index (χ0) is 14.3. The number of halogens is 1. The van der Waals surface area contributed by atoms with Gasteiger partial charge in [0.25, 0.3) is 0 Å². The average molecular weight is 285 g/mol. The lowest BCUT2D eigenvalue weighted by molar-refractivity contribution is -0.141. The van der Waals surface area contributed by atoms with E-state index in [0.717, 1.165) is 5.56 Å². The molecule has 6 heteroatoms. The zero-order valence-electron chi connectivity index (χ0n) is 11.0. The van der Waals surface area contributed by atoms with Crippen molar-refractivity contribution in [1.29, 1.82) is 0 Å². The molecular weight excluding hydrogens is 268 g/mol. The van der Waals surface area contributed by atoms with E-state index < -0.39 is 0 Å². The second-order valence-electron chi connectivity index (χ2n) is 4.15. The van der Waals surface area contributed by atoms with Gasteiger partial charge in [-0.05, 0) is 24.7 Å². The molecule has 0 aliphatic rings. The Bertz CT molecular complexity index is 434. The molecule has 104 valence electrons. The number of rotatable bonds is 6. The molecule has 1 amide bonds. The Morgan fingerprint density at radius 2 is 1.89 bits per heavy atom. The minimum absolute atomic E-state index is 0.0882. The van der Waals surface area contributed by atoms with E-state index in [-0.39, 0.29) is 25.0 Å². The van der Waals surface area contributed by atoms with Gasteiger partial charge in [0, 0.05) is 11.6 Å². The monoisotopic (exact) mass is 284 g/mol. The number of amides is 1. The largest absolute Gasteiger partial charge is 0.468 e. The molecule has 19 heavy (non-hydrogen) atoms. The minimum Gasteiger partial charge on any atom is -0.468 e. The average Bonchev–Trinajstić information content (AvgIpc) is 2.37. The Labute approximate surface area is 117 Å². The number of hydrogen-bond donors (Lipinski definition) is 1. The highest BCUT2D eigenvalue weighted by Crippen LogP contribution is 2.08. The van der Waals surface area contributed by atoms with Crippen LogP contribution in [0, 0.1) is 0 Å². The number of benzene rings is 1. The first kappa shape index (κ1) is 15.5. The molecule has 0 spiro atoms. The van der Waals surface area contributed by atoms with Crippen molar-refractivity contribution in [3.8, 4) is 0 Å². The summed E-state index contributed by atoms with van der Waals surface area (Å²) < 4.78 is 4.52. The molecule has 0 unspecified atom stereocenters. The lowest BCUT2D eigenvalue weighted by Gasteiger charge is -2.14. The van der Waals surface area contributed by atoms with E-state index >= 15 is 0 Å². The molecular formula is C13H17ClN2O3. The summed E-state index contributed by atoms with van der Waals surface area (Å²) in [6.07, 6.45) is 0. The summed E-state index contributed by atoms with van der Waals surface area (Å²) >= 11 is 5.77. The SMILES string of the molecule is COC(=O)CN(C)CC(=O)NCc1ccc(Cl)cc1. The fourth-order valence-electron chi connectivity index (χ4n) is 1.44. The summed E-state index contributed by atoms with van der Waals surface area (Å²) in [6, 6.07) is 7.24. The maximum absolute atomic E-state index is 11.6. The Kier molecular flexibility index (Phi) is 6.32. The van der Waals surface area contributed by atoms with Gasteiger partial charge >= 0.3 is 5.97 Å². The molecule has 1 aromatic rings. The number of ether oxygens (including phenoxy) is 1. The van der Waals surface area contributed by atoms with E-state index in [4.69, 9.17) is 11.6 Å². The van der Waals surface area contributed by atoms with Crippen LogP contribution in [0.1, 0.15) is 5.56 Å². The van der Waals surface area contributed by atoms with E-state index in [2.05, 4.69) is 10.1 Å². The fraction of sp³-hybridized carbons (Fsp3) is 0.385. The van der Waals surface area contributed by atoms with Gasteiger partial charge < -0.3 is 10.1 Å². The molecule has 0 heterocycles. The van der Waals surface area contributed by atoms with Crippen LogP contribution in [0.2, 0.25) is 5.02 Å². The third-order valence-electron chi connectivity index (χ3n) is 2.44. The van der Waals surface area contributed by atoms with Gasteiger partial charge in [-0.1, -0.05) is 23.7 Å². The van der Waals surface area contributed by atoms with E-state index in [0.29, 0.717) is 11.6 Å². The predicted octanol–water partition coefficient (Wildman–Crippen LogP) is 1.06. The molecule has 0 saturated carbocycles. The van der Waals surface area contributed by atoms with Gasteiger partial charge in [0.2, 0.25) is 5.91 Å². The number of esters is 1. The lowest BCUT2D eigenvalue weighted by atomic mass is 10.2. The molecule has 1 aromatic carbocycles. The first-order valence-electron chi connectivity index (χ1n) is 5.77. The molecule has 1 N–H and O–H groups in total. The highest BCUT2D eigenvalue weighted by atomic mass is 35.5. The molecule has 0 fully saturated rings. The van der Waals surface area contributed by atoms with Crippen LogP contribution in [0.15, 0.2) is 24.3 Å². The van der Waals surface area contributed by atoms with E-state index in [1.165, 1.54) is 7.11 Å². The van der Waals surface area contributed by atoms with Gasteiger partial charge in [0.05, 0.1) is 20.2 Å².